The first-order chi connectivity index (χ1) is 24.8. The van der Waals surface area contributed by atoms with E-state index in [1.807, 2.05) is 11.3 Å². The van der Waals surface area contributed by atoms with Gasteiger partial charge in [-0.15, -0.1) is 11.3 Å². The monoisotopic (exact) mass is 674 g/mol. The standard InChI is InChI=1S/C48H38N2S/c1-47(2)22-23-48(3,4)39-27-41-35(26-38(39)47)34-25-37-43(28-42(34)50(41)31-19-21-45-36(24-31)33-16-10-11-17-44(33)51-45)49(30-13-6-5-7-14-30)40-20-18-29-12-8-9-15-32(29)46(37)40/h5-21,24-28H,22-23H2,1-4H3. The molecule has 2 nitrogen and oxygen atoms in total. The molecule has 0 saturated carbocycles. The Morgan fingerprint density at radius 1 is 0.431 bits per heavy atom. The average molecular weight is 675 g/mol. The van der Waals surface area contributed by atoms with Gasteiger partial charge in [-0.2, -0.15) is 0 Å². The fourth-order valence-electron chi connectivity index (χ4n) is 9.34. The van der Waals surface area contributed by atoms with Crippen LogP contribution in [0.25, 0.3) is 85.9 Å². The number of hydrogen-bond acceptors (Lipinski definition) is 1. The number of rotatable bonds is 2. The zero-order valence-electron chi connectivity index (χ0n) is 29.4. The molecule has 51 heavy (non-hydrogen) atoms. The summed E-state index contributed by atoms with van der Waals surface area (Å²) in [5.74, 6) is 0. The Kier molecular flexibility index (Phi) is 5.82. The normalized spacial score (nSPS) is 15.6. The zero-order chi connectivity index (χ0) is 34.2. The minimum Gasteiger partial charge on any atom is -0.309 e. The van der Waals surface area contributed by atoms with E-state index in [1.54, 1.807) is 0 Å². The van der Waals surface area contributed by atoms with Crippen LogP contribution in [0.3, 0.4) is 0 Å². The van der Waals surface area contributed by atoms with E-state index in [-0.39, 0.29) is 10.8 Å². The number of aromatic nitrogens is 2. The van der Waals surface area contributed by atoms with Gasteiger partial charge in [0.25, 0.3) is 0 Å². The predicted molar refractivity (Wildman–Crippen MR) is 221 cm³/mol. The zero-order valence-corrected chi connectivity index (χ0v) is 30.2. The number of para-hydroxylation sites is 1. The van der Waals surface area contributed by atoms with Crippen molar-refractivity contribution in [1.29, 1.82) is 0 Å². The molecule has 10 aromatic rings. The number of fused-ring (bicyclic) bond motifs is 12. The molecule has 0 amide bonds. The van der Waals surface area contributed by atoms with Crippen LogP contribution in [0.5, 0.6) is 0 Å². The van der Waals surface area contributed by atoms with Gasteiger partial charge in [0.1, 0.15) is 0 Å². The molecule has 1 aliphatic rings. The van der Waals surface area contributed by atoms with E-state index in [4.69, 9.17) is 0 Å². The summed E-state index contributed by atoms with van der Waals surface area (Å²) in [5.41, 5.74) is 10.6. The molecule has 3 heteroatoms. The maximum absolute atomic E-state index is 2.57. The van der Waals surface area contributed by atoms with Crippen molar-refractivity contribution in [3.05, 3.63) is 145 Å². The maximum atomic E-state index is 2.57. The second-order valence-electron chi connectivity index (χ2n) is 16.0. The fraction of sp³-hybridized carbons (Fsp3) is 0.167. The van der Waals surface area contributed by atoms with Crippen molar-refractivity contribution < 1.29 is 0 Å². The molecule has 0 N–H and O–H groups in total. The molecule has 3 heterocycles. The van der Waals surface area contributed by atoms with E-state index in [1.165, 1.54) is 110 Å². The Balaban J connectivity index is 1.34. The first kappa shape index (κ1) is 29.4. The van der Waals surface area contributed by atoms with Crippen molar-refractivity contribution in [1.82, 2.24) is 9.13 Å². The molecule has 0 fully saturated rings. The molecule has 7 aromatic carbocycles. The lowest BCUT2D eigenvalue weighted by Crippen LogP contribution is -2.33. The third-order valence-electron chi connectivity index (χ3n) is 12.1. The molecule has 0 bridgehead atoms. The summed E-state index contributed by atoms with van der Waals surface area (Å²) in [6.45, 7) is 9.77. The van der Waals surface area contributed by atoms with Gasteiger partial charge in [0.2, 0.25) is 0 Å². The second kappa shape index (κ2) is 10.1. The van der Waals surface area contributed by atoms with Crippen LogP contribution in [0.1, 0.15) is 51.7 Å². The van der Waals surface area contributed by atoms with Gasteiger partial charge in [0.05, 0.1) is 22.1 Å². The Morgan fingerprint density at radius 2 is 1.06 bits per heavy atom. The van der Waals surface area contributed by atoms with Crippen LogP contribution in [0.15, 0.2) is 133 Å². The molecular formula is C48H38N2S. The molecular weight excluding hydrogens is 637 g/mol. The largest absolute Gasteiger partial charge is 0.309 e. The number of nitrogens with zero attached hydrogens (tertiary/aromatic N) is 2. The lowest BCUT2D eigenvalue weighted by Gasteiger charge is -2.42. The van der Waals surface area contributed by atoms with Gasteiger partial charge < -0.3 is 9.13 Å². The quantitative estimate of drug-likeness (QED) is 0.173. The fourth-order valence-corrected chi connectivity index (χ4v) is 10.4. The van der Waals surface area contributed by atoms with E-state index in [0.29, 0.717) is 0 Å². The van der Waals surface area contributed by atoms with Crippen LogP contribution < -0.4 is 0 Å². The lowest BCUT2D eigenvalue weighted by molar-refractivity contribution is 0.332. The molecule has 0 saturated heterocycles. The van der Waals surface area contributed by atoms with Gasteiger partial charge in [0.15, 0.2) is 0 Å². The van der Waals surface area contributed by atoms with Crippen molar-refractivity contribution in [3.8, 4) is 11.4 Å². The maximum Gasteiger partial charge on any atom is 0.0562 e. The molecule has 0 radical (unpaired) electrons. The van der Waals surface area contributed by atoms with Gasteiger partial charge in [0, 0.05) is 53.1 Å². The molecule has 1 aliphatic carbocycles. The van der Waals surface area contributed by atoms with E-state index in [2.05, 4.69) is 170 Å². The van der Waals surface area contributed by atoms with Crippen molar-refractivity contribution in [3.63, 3.8) is 0 Å². The van der Waals surface area contributed by atoms with Crippen molar-refractivity contribution >= 4 is 85.9 Å². The minimum absolute atomic E-state index is 0.109. The third-order valence-corrected chi connectivity index (χ3v) is 13.3. The summed E-state index contributed by atoms with van der Waals surface area (Å²) in [6.07, 6.45) is 2.38. The molecule has 3 aromatic heterocycles. The Morgan fingerprint density at radius 3 is 1.88 bits per heavy atom. The highest BCUT2D eigenvalue weighted by Crippen LogP contribution is 2.50. The summed E-state index contributed by atoms with van der Waals surface area (Å²) >= 11 is 1.89. The molecule has 11 rings (SSSR count). The first-order valence-electron chi connectivity index (χ1n) is 18.2. The summed E-state index contributed by atoms with van der Waals surface area (Å²) in [6, 6.07) is 50.4. The minimum atomic E-state index is 0.109. The highest BCUT2D eigenvalue weighted by atomic mass is 32.1. The van der Waals surface area contributed by atoms with Gasteiger partial charge in [-0.05, 0) is 112 Å². The summed E-state index contributed by atoms with van der Waals surface area (Å²) in [5, 5.41) is 10.5. The second-order valence-corrected chi connectivity index (χ2v) is 17.1. The molecule has 0 unspecified atom stereocenters. The Hall–Kier alpha value is -5.38. The molecule has 246 valence electrons. The van der Waals surface area contributed by atoms with Crippen molar-refractivity contribution in [2.24, 2.45) is 0 Å². The number of benzene rings is 7. The third kappa shape index (κ3) is 4.04. The van der Waals surface area contributed by atoms with E-state index >= 15 is 0 Å². The Bertz CT molecular complexity index is 3080. The van der Waals surface area contributed by atoms with Crippen LogP contribution >= 0.6 is 11.3 Å². The highest BCUT2D eigenvalue weighted by molar-refractivity contribution is 7.25. The number of thiophene rings is 1. The van der Waals surface area contributed by atoms with E-state index in [0.717, 1.165) is 0 Å². The SMILES string of the molecule is CC1(C)CCC(C)(C)c2cc3c(cc21)c1cc2c4c5ccccc5ccc4n(-c4ccccc4)c2cc1n3-c1ccc2sc3ccccc3c2c1. The molecule has 0 aliphatic heterocycles. The van der Waals surface area contributed by atoms with Gasteiger partial charge in [-0.25, -0.2) is 0 Å². The predicted octanol–water partition coefficient (Wildman–Crippen LogP) is 13.8. The van der Waals surface area contributed by atoms with Crippen LogP contribution in [0.2, 0.25) is 0 Å². The van der Waals surface area contributed by atoms with Crippen molar-refractivity contribution in [2.75, 3.05) is 0 Å². The molecule has 0 atom stereocenters. The van der Waals surface area contributed by atoms with Gasteiger partial charge in [-0.1, -0.05) is 94.4 Å². The van der Waals surface area contributed by atoms with Crippen LogP contribution in [0.4, 0.5) is 0 Å². The van der Waals surface area contributed by atoms with E-state index in [9.17, 15) is 0 Å². The van der Waals surface area contributed by atoms with Crippen molar-refractivity contribution in [2.45, 2.75) is 51.4 Å². The lowest BCUT2D eigenvalue weighted by atomic mass is 9.63. The van der Waals surface area contributed by atoms with Gasteiger partial charge in [-0.3, -0.25) is 0 Å². The highest BCUT2D eigenvalue weighted by Gasteiger charge is 2.38. The summed E-state index contributed by atoms with van der Waals surface area (Å²) in [7, 11) is 0. The molecule has 0 spiro atoms. The van der Waals surface area contributed by atoms with Crippen LogP contribution in [0, 0.1) is 0 Å². The summed E-state index contributed by atoms with van der Waals surface area (Å²) in [4.78, 5) is 0. The van der Waals surface area contributed by atoms with Gasteiger partial charge >= 0.3 is 0 Å². The smallest absolute Gasteiger partial charge is 0.0562 e. The van der Waals surface area contributed by atoms with Crippen LogP contribution in [-0.4, -0.2) is 9.13 Å². The number of hydrogen-bond donors (Lipinski definition) is 0. The topological polar surface area (TPSA) is 9.86 Å². The Labute approximate surface area is 301 Å². The van der Waals surface area contributed by atoms with Crippen LogP contribution in [-0.2, 0) is 10.8 Å². The average Bonchev–Trinajstić information content (AvgIpc) is 3.79. The summed E-state index contributed by atoms with van der Waals surface area (Å²) < 4.78 is 7.72. The first-order valence-corrected chi connectivity index (χ1v) is 19.0. The van der Waals surface area contributed by atoms with E-state index < -0.39 is 0 Å².